The highest BCUT2D eigenvalue weighted by Crippen LogP contribution is 2.03. The van der Waals surface area contributed by atoms with E-state index in [9.17, 15) is 14.4 Å². The van der Waals surface area contributed by atoms with Crippen LogP contribution in [0.15, 0.2) is 52.0 Å². The van der Waals surface area contributed by atoms with Crippen molar-refractivity contribution in [3.8, 4) is 0 Å². The molecule has 0 aromatic carbocycles. The van der Waals surface area contributed by atoms with Crippen LogP contribution in [0.2, 0.25) is 0 Å². The summed E-state index contributed by atoms with van der Waals surface area (Å²) in [6.07, 6.45) is 3.04. The van der Waals surface area contributed by atoms with Crippen molar-refractivity contribution in [2.24, 2.45) is 0 Å². The maximum atomic E-state index is 12.1. The molecule has 3 heterocycles. The van der Waals surface area contributed by atoms with E-state index in [1.165, 1.54) is 22.8 Å². The number of aromatic nitrogens is 2. The normalized spacial score (nSPS) is 10.6. The van der Waals surface area contributed by atoms with E-state index < -0.39 is 11.9 Å². The molecule has 0 aliphatic heterocycles. The number of esters is 1. The maximum absolute atomic E-state index is 12.1. The Morgan fingerprint density at radius 1 is 1.32 bits per heavy atom. The maximum Gasteiger partial charge on any atom is 0.325 e. The third-order valence-electron chi connectivity index (χ3n) is 3.38. The van der Waals surface area contributed by atoms with Gasteiger partial charge in [-0.1, -0.05) is 6.07 Å². The lowest BCUT2D eigenvalue weighted by Crippen LogP contribution is -2.30. The van der Waals surface area contributed by atoms with Gasteiger partial charge < -0.3 is 14.5 Å². The molecule has 3 aromatic rings. The zero-order chi connectivity index (χ0) is 17.8. The van der Waals surface area contributed by atoms with Crippen LogP contribution < -0.4 is 10.9 Å². The van der Waals surface area contributed by atoms with Gasteiger partial charge >= 0.3 is 5.97 Å². The fraction of sp³-hybridized carbons (Fsp3) is 0.176. The molecule has 0 radical (unpaired) electrons. The van der Waals surface area contributed by atoms with Gasteiger partial charge in [0.15, 0.2) is 5.76 Å². The topological polar surface area (TPSA) is 103 Å². The first-order valence-electron chi connectivity index (χ1n) is 7.49. The van der Waals surface area contributed by atoms with Crippen molar-refractivity contribution in [3.63, 3.8) is 0 Å². The molecule has 0 saturated carbocycles. The second-order valence-electron chi connectivity index (χ2n) is 5.34. The molecule has 3 aromatic heterocycles. The van der Waals surface area contributed by atoms with E-state index in [0.717, 1.165) is 5.56 Å². The van der Waals surface area contributed by atoms with E-state index in [4.69, 9.17) is 9.15 Å². The largest absolute Gasteiger partial charge is 0.459 e. The minimum absolute atomic E-state index is 0.104. The Morgan fingerprint density at radius 2 is 2.16 bits per heavy atom. The molecule has 1 N–H and O–H groups in total. The molecule has 0 unspecified atom stereocenters. The van der Waals surface area contributed by atoms with Gasteiger partial charge in [-0.05, 0) is 30.7 Å². The quantitative estimate of drug-likeness (QED) is 0.696. The van der Waals surface area contributed by atoms with Crippen molar-refractivity contribution in [2.75, 3.05) is 6.54 Å². The Morgan fingerprint density at radius 3 is 2.92 bits per heavy atom. The van der Waals surface area contributed by atoms with Gasteiger partial charge in [0.05, 0.1) is 12.0 Å². The molecule has 8 nitrogen and oxygen atoms in total. The molecule has 0 fully saturated rings. The van der Waals surface area contributed by atoms with Crippen molar-refractivity contribution < 1.29 is 18.7 Å². The third kappa shape index (κ3) is 3.92. The summed E-state index contributed by atoms with van der Waals surface area (Å²) < 4.78 is 11.4. The number of hydrogen-bond donors (Lipinski definition) is 1. The summed E-state index contributed by atoms with van der Waals surface area (Å²) >= 11 is 0. The van der Waals surface area contributed by atoms with Crippen molar-refractivity contribution >= 4 is 17.5 Å². The van der Waals surface area contributed by atoms with Crippen molar-refractivity contribution in [1.82, 2.24) is 14.7 Å². The number of aryl methyl sites for hydroxylation is 1. The number of ether oxygens (including phenoxy) is 1. The molecule has 0 aliphatic carbocycles. The minimum Gasteiger partial charge on any atom is -0.459 e. The predicted octanol–water partition coefficient (Wildman–Crippen LogP) is 1.07. The summed E-state index contributed by atoms with van der Waals surface area (Å²) in [6, 6.07) is 7.90. The second kappa shape index (κ2) is 7.00. The molecule has 3 rings (SSSR count). The Balaban J connectivity index is 1.58. The predicted molar refractivity (Wildman–Crippen MR) is 87.0 cm³/mol. The lowest BCUT2D eigenvalue weighted by Gasteiger charge is -2.07. The van der Waals surface area contributed by atoms with Crippen LogP contribution in [0, 0.1) is 6.92 Å². The van der Waals surface area contributed by atoms with Crippen LogP contribution in [-0.2, 0) is 16.1 Å². The van der Waals surface area contributed by atoms with E-state index in [1.807, 2.05) is 13.0 Å². The molecule has 1 amide bonds. The second-order valence-corrected chi connectivity index (χ2v) is 5.34. The number of carbonyl (C=O) groups excluding carboxylic acids is 2. The number of pyridine rings is 1. The number of rotatable bonds is 5. The standard InChI is InChI=1S/C17H15N3O5/c1-11-4-5-14-19-12(7-15(21)20(14)9-11)10-25-16(22)8-18-17(23)13-3-2-6-24-13/h2-7,9H,8,10H2,1H3,(H,18,23). The van der Waals surface area contributed by atoms with Crippen LogP contribution >= 0.6 is 0 Å². The van der Waals surface area contributed by atoms with Crippen LogP contribution in [-0.4, -0.2) is 27.8 Å². The first kappa shape index (κ1) is 16.4. The van der Waals surface area contributed by atoms with Gasteiger partial charge in [0.1, 0.15) is 18.8 Å². The molecule has 25 heavy (non-hydrogen) atoms. The third-order valence-corrected chi connectivity index (χ3v) is 3.38. The van der Waals surface area contributed by atoms with Crippen LogP contribution in [0.25, 0.3) is 5.65 Å². The van der Waals surface area contributed by atoms with Crippen molar-refractivity contribution in [2.45, 2.75) is 13.5 Å². The number of nitrogens with one attached hydrogen (secondary N) is 1. The van der Waals surface area contributed by atoms with Gasteiger partial charge in [-0.15, -0.1) is 0 Å². The SMILES string of the molecule is Cc1ccc2nc(COC(=O)CNC(=O)c3ccco3)cc(=O)n2c1. The fourth-order valence-corrected chi connectivity index (χ4v) is 2.18. The first-order chi connectivity index (χ1) is 12.0. The molecular weight excluding hydrogens is 326 g/mol. The average molecular weight is 341 g/mol. The van der Waals surface area contributed by atoms with Crippen molar-refractivity contribution in [1.29, 1.82) is 0 Å². The molecule has 0 saturated heterocycles. The van der Waals surface area contributed by atoms with E-state index in [-0.39, 0.29) is 24.5 Å². The number of carbonyl (C=O) groups is 2. The highest BCUT2D eigenvalue weighted by Gasteiger charge is 2.11. The zero-order valence-electron chi connectivity index (χ0n) is 13.4. The number of amides is 1. The van der Waals surface area contributed by atoms with Gasteiger partial charge in [0.25, 0.3) is 11.5 Å². The highest BCUT2D eigenvalue weighted by atomic mass is 16.5. The summed E-state index contributed by atoms with van der Waals surface area (Å²) in [5, 5.41) is 2.37. The molecule has 0 spiro atoms. The zero-order valence-corrected chi connectivity index (χ0v) is 13.4. The Labute approximate surface area is 142 Å². The summed E-state index contributed by atoms with van der Waals surface area (Å²) in [7, 11) is 0. The molecule has 128 valence electrons. The van der Waals surface area contributed by atoms with Crippen LogP contribution in [0.3, 0.4) is 0 Å². The Kier molecular flexibility index (Phi) is 4.60. The smallest absolute Gasteiger partial charge is 0.325 e. The summed E-state index contributed by atoms with van der Waals surface area (Å²) in [6.45, 7) is 1.40. The Bertz CT molecular complexity index is 976. The van der Waals surface area contributed by atoms with E-state index in [2.05, 4.69) is 10.3 Å². The van der Waals surface area contributed by atoms with Gasteiger partial charge in [-0.3, -0.25) is 18.8 Å². The minimum atomic E-state index is -0.647. The molecule has 0 aliphatic rings. The van der Waals surface area contributed by atoms with E-state index in [1.54, 1.807) is 18.3 Å². The number of furan rings is 1. The summed E-state index contributed by atoms with van der Waals surface area (Å²) in [5.74, 6) is -1.06. The molecule has 8 heteroatoms. The molecule has 0 bridgehead atoms. The molecular formula is C17H15N3O5. The summed E-state index contributed by atoms with van der Waals surface area (Å²) in [4.78, 5) is 39.7. The van der Waals surface area contributed by atoms with Crippen molar-refractivity contribution in [3.05, 3.63) is 70.2 Å². The average Bonchev–Trinajstić information content (AvgIpc) is 3.13. The Hall–Kier alpha value is -3.42. The first-order valence-corrected chi connectivity index (χ1v) is 7.49. The van der Waals surface area contributed by atoms with E-state index >= 15 is 0 Å². The van der Waals surface area contributed by atoms with Gasteiger partial charge in [-0.25, -0.2) is 4.98 Å². The number of fused-ring (bicyclic) bond motifs is 1. The summed E-state index contributed by atoms with van der Waals surface area (Å²) in [5.41, 5.74) is 1.48. The number of nitrogens with zero attached hydrogens (tertiary/aromatic N) is 2. The van der Waals surface area contributed by atoms with Crippen LogP contribution in [0.5, 0.6) is 0 Å². The fourth-order valence-electron chi connectivity index (χ4n) is 2.18. The lowest BCUT2D eigenvalue weighted by atomic mass is 10.3. The van der Waals surface area contributed by atoms with Gasteiger partial charge in [0.2, 0.25) is 0 Å². The number of hydrogen-bond acceptors (Lipinski definition) is 6. The van der Waals surface area contributed by atoms with Gasteiger partial charge in [0, 0.05) is 12.3 Å². The lowest BCUT2D eigenvalue weighted by molar-refractivity contribution is -0.143. The monoisotopic (exact) mass is 341 g/mol. The molecule has 0 atom stereocenters. The van der Waals surface area contributed by atoms with Crippen LogP contribution in [0.4, 0.5) is 0 Å². The van der Waals surface area contributed by atoms with Crippen LogP contribution in [0.1, 0.15) is 21.8 Å². The van der Waals surface area contributed by atoms with Gasteiger partial charge in [-0.2, -0.15) is 0 Å². The van der Waals surface area contributed by atoms with E-state index in [0.29, 0.717) is 11.3 Å². The highest BCUT2D eigenvalue weighted by molar-refractivity contribution is 5.93.